The molecule has 0 aliphatic heterocycles. The molecule has 0 unspecified atom stereocenters. The summed E-state index contributed by atoms with van der Waals surface area (Å²) in [6, 6.07) is 10.1. The van der Waals surface area contributed by atoms with E-state index in [1.807, 2.05) is 37.3 Å². The summed E-state index contributed by atoms with van der Waals surface area (Å²) in [5.74, 6) is 1.81. The highest BCUT2D eigenvalue weighted by molar-refractivity contribution is 5.77. The highest BCUT2D eigenvalue weighted by atomic mass is 16.6. The van der Waals surface area contributed by atoms with Gasteiger partial charge in [-0.1, -0.05) is 18.2 Å². The Morgan fingerprint density at radius 3 is 2.80 bits per heavy atom. The molecule has 0 saturated heterocycles. The number of nitrogens with one attached hydrogen (secondary N) is 1. The van der Waals surface area contributed by atoms with Crippen LogP contribution in [-0.4, -0.2) is 22.0 Å². The van der Waals surface area contributed by atoms with Crippen molar-refractivity contribution in [1.82, 2.24) is 9.97 Å². The summed E-state index contributed by atoms with van der Waals surface area (Å²) in [4.78, 5) is 17.8. The molecule has 7 nitrogen and oxygen atoms in total. The van der Waals surface area contributed by atoms with Crippen molar-refractivity contribution in [1.29, 1.82) is 0 Å². The lowest BCUT2D eigenvalue weighted by molar-refractivity contribution is -0.384. The van der Waals surface area contributed by atoms with Crippen LogP contribution < -0.4 is 9.47 Å². The summed E-state index contributed by atoms with van der Waals surface area (Å²) < 4.78 is 11.1. The molecule has 0 spiro atoms. The van der Waals surface area contributed by atoms with Gasteiger partial charge < -0.3 is 14.5 Å². The zero-order chi connectivity index (χ0) is 17.8. The molecule has 7 heteroatoms. The summed E-state index contributed by atoms with van der Waals surface area (Å²) in [7, 11) is 1.59. The largest absolute Gasteiger partial charge is 0.493 e. The van der Waals surface area contributed by atoms with Crippen LogP contribution in [0.2, 0.25) is 0 Å². The van der Waals surface area contributed by atoms with E-state index in [0.29, 0.717) is 28.4 Å². The first-order chi connectivity index (χ1) is 12.1. The number of fused-ring (bicyclic) bond motifs is 1. The Morgan fingerprint density at radius 1 is 1.24 bits per heavy atom. The van der Waals surface area contributed by atoms with E-state index in [1.165, 1.54) is 12.1 Å². The van der Waals surface area contributed by atoms with Crippen molar-refractivity contribution in [3.8, 4) is 11.5 Å². The van der Waals surface area contributed by atoms with Gasteiger partial charge in [0, 0.05) is 12.1 Å². The Balaban J connectivity index is 1.79. The molecular formula is C18H17N3O4. The van der Waals surface area contributed by atoms with E-state index in [1.54, 1.807) is 13.2 Å². The number of rotatable bonds is 6. The fourth-order valence-electron chi connectivity index (χ4n) is 2.48. The second-order valence-electron chi connectivity index (χ2n) is 5.34. The van der Waals surface area contributed by atoms with Crippen molar-refractivity contribution in [3.63, 3.8) is 0 Å². The third-order valence-corrected chi connectivity index (χ3v) is 3.64. The fraction of sp³-hybridized carbons (Fsp3) is 0.167. The number of aromatic nitrogens is 2. The van der Waals surface area contributed by atoms with Gasteiger partial charge >= 0.3 is 0 Å². The molecule has 0 atom stereocenters. The molecule has 3 aromatic rings. The molecular weight excluding hydrogens is 322 g/mol. The third kappa shape index (κ3) is 3.60. The molecule has 128 valence electrons. The number of imidazole rings is 1. The molecule has 0 saturated carbocycles. The SMILES string of the molecule is CC=Cc1ccc(OCc2nc3ccc([N+](=O)[O-])cc3[nH]2)c(OC)c1. The van der Waals surface area contributed by atoms with E-state index in [2.05, 4.69) is 9.97 Å². The molecule has 0 amide bonds. The van der Waals surface area contributed by atoms with Crippen LogP contribution in [-0.2, 0) is 6.61 Å². The molecule has 0 aliphatic carbocycles. The lowest BCUT2D eigenvalue weighted by atomic mass is 10.2. The van der Waals surface area contributed by atoms with E-state index >= 15 is 0 Å². The Bertz CT molecular complexity index is 947. The molecule has 2 aromatic carbocycles. The number of methoxy groups -OCH3 is 1. The molecule has 0 bridgehead atoms. The zero-order valence-corrected chi connectivity index (χ0v) is 13.9. The smallest absolute Gasteiger partial charge is 0.271 e. The van der Waals surface area contributed by atoms with E-state index in [0.717, 1.165) is 5.56 Å². The number of nitrogens with zero attached hydrogens (tertiary/aromatic N) is 2. The van der Waals surface area contributed by atoms with E-state index in [9.17, 15) is 10.1 Å². The molecule has 1 N–H and O–H groups in total. The molecule has 3 rings (SSSR count). The average Bonchev–Trinajstić information content (AvgIpc) is 3.02. The number of hydrogen-bond acceptors (Lipinski definition) is 5. The monoisotopic (exact) mass is 339 g/mol. The number of allylic oxidation sites excluding steroid dienone is 1. The predicted molar refractivity (Wildman–Crippen MR) is 94.8 cm³/mol. The maximum atomic E-state index is 10.8. The van der Waals surface area contributed by atoms with Crippen LogP contribution in [0.5, 0.6) is 11.5 Å². The van der Waals surface area contributed by atoms with Crippen LogP contribution in [0.4, 0.5) is 5.69 Å². The minimum atomic E-state index is -0.437. The lowest BCUT2D eigenvalue weighted by Gasteiger charge is -2.10. The van der Waals surface area contributed by atoms with Crippen LogP contribution in [0.3, 0.4) is 0 Å². The van der Waals surface area contributed by atoms with Crippen molar-refractivity contribution in [2.45, 2.75) is 13.5 Å². The van der Waals surface area contributed by atoms with Crippen LogP contribution in [0.15, 0.2) is 42.5 Å². The van der Waals surface area contributed by atoms with Gasteiger partial charge in [-0.3, -0.25) is 10.1 Å². The topological polar surface area (TPSA) is 90.3 Å². The van der Waals surface area contributed by atoms with Gasteiger partial charge in [0.15, 0.2) is 11.5 Å². The molecule has 0 radical (unpaired) electrons. The van der Waals surface area contributed by atoms with Crippen molar-refractivity contribution >= 4 is 22.8 Å². The molecule has 0 fully saturated rings. The molecule has 1 heterocycles. The zero-order valence-electron chi connectivity index (χ0n) is 13.9. The predicted octanol–water partition coefficient (Wildman–Crippen LogP) is 4.09. The van der Waals surface area contributed by atoms with Crippen LogP contribution in [0.25, 0.3) is 17.1 Å². The number of benzene rings is 2. The second-order valence-corrected chi connectivity index (χ2v) is 5.34. The van der Waals surface area contributed by atoms with Crippen molar-refractivity contribution in [2.24, 2.45) is 0 Å². The quantitative estimate of drug-likeness (QED) is 0.539. The lowest BCUT2D eigenvalue weighted by Crippen LogP contribution is -1.99. The van der Waals surface area contributed by atoms with Crippen molar-refractivity contribution < 1.29 is 14.4 Å². The van der Waals surface area contributed by atoms with E-state index in [4.69, 9.17) is 9.47 Å². The number of H-pyrrole nitrogens is 1. The first kappa shape index (κ1) is 16.5. The molecule has 0 aliphatic rings. The maximum absolute atomic E-state index is 10.8. The van der Waals surface area contributed by atoms with Gasteiger partial charge in [0.05, 0.1) is 23.1 Å². The summed E-state index contributed by atoms with van der Waals surface area (Å²) in [5.41, 5.74) is 2.29. The van der Waals surface area contributed by atoms with Crippen LogP contribution in [0, 0.1) is 10.1 Å². The van der Waals surface area contributed by atoms with Gasteiger partial charge in [0.2, 0.25) is 0 Å². The Labute approximate surface area is 144 Å². The number of hydrogen-bond donors (Lipinski definition) is 1. The van der Waals surface area contributed by atoms with Crippen LogP contribution >= 0.6 is 0 Å². The van der Waals surface area contributed by atoms with Crippen molar-refractivity contribution in [2.75, 3.05) is 7.11 Å². The highest BCUT2D eigenvalue weighted by Crippen LogP contribution is 2.29. The Hall–Kier alpha value is -3.35. The van der Waals surface area contributed by atoms with E-state index in [-0.39, 0.29) is 12.3 Å². The highest BCUT2D eigenvalue weighted by Gasteiger charge is 2.11. The normalized spacial score (nSPS) is 11.1. The number of nitro groups is 1. The van der Waals surface area contributed by atoms with Gasteiger partial charge in [-0.15, -0.1) is 0 Å². The Morgan fingerprint density at radius 2 is 2.08 bits per heavy atom. The Kier molecular flexibility index (Phi) is 4.65. The number of ether oxygens (including phenoxy) is 2. The van der Waals surface area contributed by atoms with E-state index < -0.39 is 4.92 Å². The van der Waals surface area contributed by atoms with Gasteiger partial charge in [-0.2, -0.15) is 0 Å². The second kappa shape index (κ2) is 7.04. The third-order valence-electron chi connectivity index (χ3n) is 3.64. The number of non-ortho nitro benzene ring substituents is 1. The molecule has 1 aromatic heterocycles. The summed E-state index contributed by atoms with van der Waals surface area (Å²) in [6.45, 7) is 2.14. The van der Waals surface area contributed by atoms with Crippen molar-refractivity contribution in [3.05, 3.63) is 64.0 Å². The van der Waals surface area contributed by atoms with Crippen LogP contribution in [0.1, 0.15) is 18.3 Å². The number of nitro benzene ring substituents is 1. The van der Waals surface area contributed by atoms with Gasteiger partial charge in [-0.25, -0.2) is 4.98 Å². The maximum Gasteiger partial charge on any atom is 0.271 e. The minimum Gasteiger partial charge on any atom is -0.493 e. The molecule has 25 heavy (non-hydrogen) atoms. The minimum absolute atomic E-state index is 0.0184. The standard InChI is InChI=1S/C18H17N3O4/c1-3-4-12-5-8-16(17(9-12)24-2)25-11-18-19-14-7-6-13(21(22)23)10-15(14)20-18/h3-10H,11H2,1-2H3,(H,19,20). The summed E-state index contributed by atoms with van der Waals surface area (Å²) >= 11 is 0. The first-order valence-electron chi connectivity index (χ1n) is 7.67. The van der Waals surface area contributed by atoms with Gasteiger partial charge in [-0.05, 0) is 30.7 Å². The number of aromatic amines is 1. The summed E-state index contributed by atoms with van der Waals surface area (Å²) in [6.07, 6.45) is 3.92. The van der Waals surface area contributed by atoms with Gasteiger partial charge in [0.1, 0.15) is 12.4 Å². The summed E-state index contributed by atoms with van der Waals surface area (Å²) in [5, 5.41) is 10.8. The fourth-order valence-corrected chi connectivity index (χ4v) is 2.48. The first-order valence-corrected chi connectivity index (χ1v) is 7.67. The van der Waals surface area contributed by atoms with Gasteiger partial charge in [0.25, 0.3) is 5.69 Å². The average molecular weight is 339 g/mol.